The van der Waals surface area contributed by atoms with Crippen molar-refractivity contribution in [2.45, 2.75) is 6.92 Å². The van der Waals surface area contributed by atoms with Gasteiger partial charge in [0.15, 0.2) is 12.3 Å². The topological polar surface area (TPSA) is 87.0 Å². The van der Waals surface area contributed by atoms with Gasteiger partial charge in [0.25, 0.3) is 0 Å². The zero-order valence-electron chi connectivity index (χ0n) is 12.8. The predicted octanol–water partition coefficient (Wildman–Crippen LogP) is 4.63. The van der Waals surface area contributed by atoms with E-state index in [-0.39, 0.29) is 18.2 Å². The van der Waals surface area contributed by atoms with Gasteiger partial charge in [-0.1, -0.05) is 27.6 Å². The molecule has 0 bridgehead atoms. The van der Waals surface area contributed by atoms with Gasteiger partial charge in [-0.2, -0.15) is 0 Å². The van der Waals surface area contributed by atoms with E-state index < -0.39 is 5.91 Å². The van der Waals surface area contributed by atoms with Crippen LogP contribution in [0.1, 0.15) is 5.56 Å². The Kier molecular flexibility index (Phi) is 4.61. The fraction of sp³-hybridized carbons (Fsp3) is 0.118. The Morgan fingerprint density at radius 2 is 2.00 bits per heavy atom. The van der Waals surface area contributed by atoms with Crippen LogP contribution in [0, 0.1) is 6.92 Å². The van der Waals surface area contributed by atoms with Gasteiger partial charge in [0.05, 0.1) is 5.52 Å². The first-order valence-corrected chi connectivity index (χ1v) is 7.96. The number of fused-ring (bicyclic) bond motifs is 1. The maximum absolute atomic E-state index is 11.8. The summed E-state index contributed by atoms with van der Waals surface area (Å²) in [5.41, 5.74) is 1.99. The minimum Gasteiger partial charge on any atom is -0.493 e. The van der Waals surface area contributed by atoms with Crippen LogP contribution in [-0.4, -0.2) is 22.6 Å². The molecule has 3 rings (SSSR count). The number of aromatic hydroxyl groups is 1. The number of nitrogens with one attached hydrogen (secondary N) is 1. The van der Waals surface area contributed by atoms with Gasteiger partial charge in [-0.15, -0.1) is 10.2 Å². The molecule has 0 saturated heterocycles. The van der Waals surface area contributed by atoms with Crippen molar-refractivity contribution >= 4 is 38.4 Å². The molecule has 3 aromatic rings. The number of aromatic amines is 1. The quantitative estimate of drug-likeness (QED) is 0.639. The molecule has 1 heterocycles. The van der Waals surface area contributed by atoms with Gasteiger partial charge in [0.2, 0.25) is 5.88 Å². The molecule has 0 aliphatic heterocycles. The fourth-order valence-corrected chi connectivity index (χ4v) is 2.45. The number of rotatable bonds is 4. The molecule has 0 aliphatic rings. The summed E-state index contributed by atoms with van der Waals surface area (Å²) in [6.45, 7) is 1.70. The lowest BCUT2D eigenvalue weighted by molar-refractivity contribution is -0.120. The van der Waals surface area contributed by atoms with E-state index in [0.29, 0.717) is 11.1 Å². The lowest BCUT2D eigenvalue weighted by Gasteiger charge is -2.02. The molecule has 0 saturated carbocycles. The molecular formula is C17H14BrN3O3. The smallest absolute Gasteiger partial charge is 0.302 e. The van der Waals surface area contributed by atoms with E-state index in [1.165, 1.54) is 0 Å². The second-order valence-electron chi connectivity index (χ2n) is 5.21. The van der Waals surface area contributed by atoms with Crippen molar-refractivity contribution in [1.29, 1.82) is 0 Å². The Balaban J connectivity index is 1.71. The molecule has 7 heteroatoms. The van der Waals surface area contributed by atoms with E-state index >= 15 is 0 Å². The van der Waals surface area contributed by atoms with Crippen LogP contribution in [0.4, 0.5) is 5.69 Å². The molecule has 1 amide bonds. The molecule has 122 valence electrons. The Morgan fingerprint density at radius 3 is 2.75 bits per heavy atom. The summed E-state index contributed by atoms with van der Waals surface area (Å²) in [6, 6.07) is 12.7. The fourth-order valence-electron chi connectivity index (χ4n) is 2.19. The van der Waals surface area contributed by atoms with Crippen molar-refractivity contribution < 1.29 is 14.6 Å². The van der Waals surface area contributed by atoms with Crippen molar-refractivity contribution in [3.05, 3.63) is 52.5 Å². The molecule has 2 aromatic carbocycles. The molecule has 6 nitrogen and oxygen atoms in total. The van der Waals surface area contributed by atoms with Gasteiger partial charge in [0, 0.05) is 9.86 Å². The maximum atomic E-state index is 11.8. The average Bonchev–Trinajstić information content (AvgIpc) is 2.87. The molecule has 0 radical (unpaired) electrons. The van der Waals surface area contributed by atoms with E-state index in [4.69, 9.17) is 4.74 Å². The zero-order chi connectivity index (χ0) is 17.1. The normalized spacial score (nSPS) is 11.2. The molecule has 0 aliphatic carbocycles. The standard InChI is InChI=1S/C17H14BrN3O3/c1-10-2-7-14-13(8-10)16(17(23)19-14)21-20-15(22)9-24-12-5-3-11(18)4-6-12/h2-8,19,23H,9H2,1H3. The van der Waals surface area contributed by atoms with Crippen LogP contribution in [0.3, 0.4) is 0 Å². The number of hydrogen-bond donors (Lipinski definition) is 2. The molecule has 0 unspecified atom stereocenters. The lowest BCUT2D eigenvalue weighted by Crippen LogP contribution is -2.07. The SMILES string of the molecule is Cc1ccc2[nH]c(O)c(N=NC(=O)COc3ccc(Br)cc3)c2c1. The van der Waals surface area contributed by atoms with Gasteiger partial charge in [-0.25, -0.2) is 0 Å². The summed E-state index contributed by atoms with van der Waals surface area (Å²) < 4.78 is 6.26. The minimum absolute atomic E-state index is 0.124. The summed E-state index contributed by atoms with van der Waals surface area (Å²) >= 11 is 3.32. The van der Waals surface area contributed by atoms with Crippen molar-refractivity contribution in [2.75, 3.05) is 6.61 Å². The summed E-state index contributed by atoms with van der Waals surface area (Å²) in [6.07, 6.45) is 0. The number of carbonyl (C=O) groups is 1. The van der Waals surface area contributed by atoms with E-state index in [9.17, 15) is 9.90 Å². The molecule has 2 N–H and O–H groups in total. The number of halogens is 1. The van der Waals surface area contributed by atoms with Crippen LogP contribution < -0.4 is 4.74 Å². The first-order chi connectivity index (χ1) is 11.5. The molecule has 0 atom stereocenters. The summed E-state index contributed by atoms with van der Waals surface area (Å²) in [5.74, 6) is -0.104. The number of H-pyrrole nitrogens is 1. The summed E-state index contributed by atoms with van der Waals surface area (Å²) in [7, 11) is 0. The summed E-state index contributed by atoms with van der Waals surface area (Å²) in [5, 5.41) is 18.1. The average molecular weight is 388 g/mol. The Morgan fingerprint density at radius 1 is 1.25 bits per heavy atom. The molecule has 0 spiro atoms. The van der Waals surface area contributed by atoms with Crippen molar-refractivity contribution in [3.63, 3.8) is 0 Å². The number of amides is 1. The van der Waals surface area contributed by atoms with Crippen LogP contribution in [0.25, 0.3) is 10.9 Å². The highest BCUT2D eigenvalue weighted by atomic mass is 79.9. The second-order valence-corrected chi connectivity index (χ2v) is 6.12. The minimum atomic E-state index is -0.542. The third kappa shape index (κ3) is 3.62. The number of benzene rings is 2. The zero-order valence-corrected chi connectivity index (χ0v) is 14.4. The van der Waals surface area contributed by atoms with Crippen LogP contribution in [0.15, 0.2) is 57.2 Å². The number of hydrogen-bond acceptors (Lipinski definition) is 4. The van der Waals surface area contributed by atoms with E-state index in [2.05, 4.69) is 31.1 Å². The number of aromatic nitrogens is 1. The van der Waals surface area contributed by atoms with Crippen molar-refractivity contribution in [3.8, 4) is 11.6 Å². The van der Waals surface area contributed by atoms with Crippen molar-refractivity contribution in [2.24, 2.45) is 10.2 Å². The van der Waals surface area contributed by atoms with Gasteiger partial charge in [0.1, 0.15) is 5.75 Å². The highest BCUT2D eigenvalue weighted by Gasteiger charge is 2.11. The van der Waals surface area contributed by atoms with Gasteiger partial charge in [-0.05, 0) is 43.3 Å². The van der Waals surface area contributed by atoms with Crippen LogP contribution >= 0.6 is 15.9 Å². The lowest BCUT2D eigenvalue weighted by atomic mass is 10.2. The number of ether oxygens (including phenoxy) is 1. The van der Waals surface area contributed by atoms with Crippen LogP contribution in [0.2, 0.25) is 0 Å². The molecule has 0 fully saturated rings. The molecular weight excluding hydrogens is 374 g/mol. The largest absolute Gasteiger partial charge is 0.493 e. The number of azo groups is 1. The number of carbonyl (C=O) groups excluding carboxylic acids is 1. The third-order valence-corrected chi connectivity index (χ3v) is 3.87. The highest BCUT2D eigenvalue weighted by Crippen LogP contribution is 2.35. The van der Waals surface area contributed by atoms with Crippen LogP contribution in [0.5, 0.6) is 11.6 Å². The first-order valence-electron chi connectivity index (χ1n) is 7.17. The van der Waals surface area contributed by atoms with Gasteiger partial charge < -0.3 is 14.8 Å². The first kappa shape index (κ1) is 16.2. The molecule has 24 heavy (non-hydrogen) atoms. The maximum Gasteiger partial charge on any atom is 0.302 e. The number of nitrogens with zero attached hydrogens (tertiary/aromatic N) is 2. The highest BCUT2D eigenvalue weighted by molar-refractivity contribution is 9.10. The van der Waals surface area contributed by atoms with E-state index in [1.807, 2.05) is 37.3 Å². The number of aryl methyl sites for hydroxylation is 1. The van der Waals surface area contributed by atoms with E-state index in [1.54, 1.807) is 12.1 Å². The third-order valence-electron chi connectivity index (χ3n) is 3.35. The Bertz CT molecular complexity index is 917. The Labute approximate surface area is 146 Å². The second kappa shape index (κ2) is 6.84. The monoisotopic (exact) mass is 387 g/mol. The van der Waals surface area contributed by atoms with Crippen molar-refractivity contribution in [1.82, 2.24) is 4.98 Å². The van der Waals surface area contributed by atoms with E-state index in [0.717, 1.165) is 15.6 Å². The Hall–Kier alpha value is -2.67. The van der Waals surface area contributed by atoms with Gasteiger partial charge >= 0.3 is 5.91 Å². The molecule has 1 aromatic heterocycles. The predicted molar refractivity (Wildman–Crippen MR) is 93.9 cm³/mol. The summed E-state index contributed by atoms with van der Waals surface area (Å²) in [4.78, 5) is 14.6. The van der Waals surface area contributed by atoms with Crippen LogP contribution in [-0.2, 0) is 4.79 Å². The van der Waals surface area contributed by atoms with Gasteiger partial charge in [-0.3, -0.25) is 4.79 Å².